The van der Waals surface area contributed by atoms with Crippen molar-refractivity contribution in [1.29, 1.82) is 0 Å². The Bertz CT molecular complexity index is 419. The molecule has 0 radical (unpaired) electrons. The van der Waals surface area contributed by atoms with Gasteiger partial charge in [0, 0.05) is 13.1 Å². The second-order valence-corrected chi connectivity index (χ2v) is 4.78. The van der Waals surface area contributed by atoms with E-state index in [0.29, 0.717) is 24.9 Å². The van der Waals surface area contributed by atoms with Crippen molar-refractivity contribution < 1.29 is 8.42 Å². The van der Waals surface area contributed by atoms with Crippen molar-refractivity contribution in [3.8, 4) is 0 Å². The van der Waals surface area contributed by atoms with Crippen LogP contribution in [-0.2, 0) is 10.0 Å². The van der Waals surface area contributed by atoms with Gasteiger partial charge in [-0.05, 0) is 6.92 Å². The van der Waals surface area contributed by atoms with E-state index in [0.717, 1.165) is 6.26 Å². The summed E-state index contributed by atoms with van der Waals surface area (Å²) in [5.74, 6) is 1.06. The van der Waals surface area contributed by atoms with Crippen molar-refractivity contribution >= 4 is 16.0 Å². The maximum Gasteiger partial charge on any atom is 0.225 e. The number of sulfonamides is 1. The van der Waals surface area contributed by atoms with Crippen LogP contribution in [0.3, 0.4) is 0 Å². The summed E-state index contributed by atoms with van der Waals surface area (Å²) in [6.45, 7) is 2.47. The molecule has 0 saturated carbocycles. The average Bonchev–Trinajstić information content (AvgIpc) is 2.11. The fourth-order valence-corrected chi connectivity index (χ4v) is 1.35. The molecule has 0 aliphatic heterocycles. The molecule has 1 aromatic rings. The van der Waals surface area contributed by atoms with E-state index in [2.05, 4.69) is 25.0 Å². The number of hydrogen-bond acceptors (Lipinski definition) is 6. The molecule has 0 atom stereocenters. The molecule has 0 saturated heterocycles. The third-order valence-corrected chi connectivity index (χ3v) is 2.19. The summed E-state index contributed by atoms with van der Waals surface area (Å²) in [5.41, 5.74) is 0. The minimum absolute atomic E-state index is 0.295. The van der Waals surface area contributed by atoms with Gasteiger partial charge in [-0.3, -0.25) is 0 Å². The van der Waals surface area contributed by atoms with E-state index in [4.69, 9.17) is 0 Å². The lowest BCUT2D eigenvalue weighted by molar-refractivity contribution is 0.589. The van der Waals surface area contributed by atoms with Crippen LogP contribution >= 0.6 is 0 Å². The maximum atomic E-state index is 10.7. The maximum absolute atomic E-state index is 10.7. The van der Waals surface area contributed by atoms with E-state index >= 15 is 0 Å². The summed E-state index contributed by atoms with van der Waals surface area (Å²) >= 11 is 0. The van der Waals surface area contributed by atoms with Crippen LogP contribution in [0.1, 0.15) is 5.82 Å². The Morgan fingerprint density at radius 1 is 1.33 bits per heavy atom. The smallest absolute Gasteiger partial charge is 0.225 e. The minimum Gasteiger partial charge on any atom is -0.353 e. The van der Waals surface area contributed by atoms with Gasteiger partial charge >= 0.3 is 0 Å². The number of aryl methyl sites for hydroxylation is 1. The zero-order valence-electron chi connectivity index (χ0n) is 8.56. The van der Waals surface area contributed by atoms with Gasteiger partial charge in [0.1, 0.15) is 12.2 Å². The van der Waals surface area contributed by atoms with Gasteiger partial charge in [-0.25, -0.2) is 23.1 Å². The summed E-state index contributed by atoms with van der Waals surface area (Å²) in [6, 6.07) is 0. The third-order valence-electron chi connectivity index (χ3n) is 1.46. The van der Waals surface area contributed by atoms with E-state index < -0.39 is 10.0 Å². The Labute approximate surface area is 88.4 Å². The van der Waals surface area contributed by atoms with Gasteiger partial charge in [-0.1, -0.05) is 0 Å². The van der Waals surface area contributed by atoms with Gasteiger partial charge < -0.3 is 5.32 Å². The standard InChI is InChI=1S/C7H13N5O2S/c1-6-9-5-10-7(12-6)8-3-4-11-15(2,13)14/h5,11H,3-4H2,1-2H3,(H,8,9,10,12). The minimum atomic E-state index is -3.13. The number of nitrogens with one attached hydrogen (secondary N) is 2. The summed E-state index contributed by atoms with van der Waals surface area (Å²) in [4.78, 5) is 11.7. The lowest BCUT2D eigenvalue weighted by Crippen LogP contribution is -2.28. The highest BCUT2D eigenvalue weighted by Gasteiger charge is 1.99. The Morgan fingerprint density at radius 2 is 2.07 bits per heavy atom. The summed E-state index contributed by atoms with van der Waals surface area (Å²) in [5, 5.41) is 2.87. The Morgan fingerprint density at radius 3 is 2.67 bits per heavy atom. The van der Waals surface area contributed by atoms with E-state index in [1.54, 1.807) is 6.92 Å². The van der Waals surface area contributed by atoms with Gasteiger partial charge in [0.2, 0.25) is 16.0 Å². The van der Waals surface area contributed by atoms with E-state index in [1.807, 2.05) is 0 Å². The van der Waals surface area contributed by atoms with E-state index in [1.165, 1.54) is 6.33 Å². The zero-order chi connectivity index (χ0) is 11.3. The summed E-state index contributed by atoms with van der Waals surface area (Å²) in [7, 11) is -3.13. The molecule has 0 aromatic carbocycles. The molecular formula is C7H13N5O2S. The first kappa shape index (κ1) is 11.8. The monoisotopic (exact) mass is 231 g/mol. The predicted molar refractivity (Wildman–Crippen MR) is 55.9 cm³/mol. The van der Waals surface area contributed by atoms with Crippen molar-refractivity contribution in [3.63, 3.8) is 0 Å². The van der Waals surface area contributed by atoms with Crippen LogP contribution in [0.2, 0.25) is 0 Å². The molecule has 0 aliphatic carbocycles. The van der Waals surface area contributed by atoms with Gasteiger partial charge in [-0.2, -0.15) is 4.98 Å². The van der Waals surface area contributed by atoms with Crippen LogP contribution in [0, 0.1) is 6.92 Å². The molecule has 0 amide bonds. The highest BCUT2D eigenvalue weighted by molar-refractivity contribution is 7.88. The molecule has 0 spiro atoms. The normalized spacial score (nSPS) is 11.3. The van der Waals surface area contributed by atoms with Crippen LogP contribution in [0.25, 0.3) is 0 Å². The molecule has 0 unspecified atom stereocenters. The fraction of sp³-hybridized carbons (Fsp3) is 0.571. The largest absolute Gasteiger partial charge is 0.353 e. The number of nitrogens with zero attached hydrogens (tertiary/aromatic N) is 3. The van der Waals surface area contributed by atoms with Gasteiger partial charge in [0.15, 0.2) is 0 Å². The fourth-order valence-electron chi connectivity index (χ4n) is 0.874. The van der Waals surface area contributed by atoms with Crippen molar-refractivity contribution in [2.45, 2.75) is 6.92 Å². The SMILES string of the molecule is Cc1ncnc(NCCNS(C)(=O)=O)n1. The van der Waals surface area contributed by atoms with Crippen molar-refractivity contribution in [3.05, 3.63) is 12.2 Å². The summed E-state index contributed by atoms with van der Waals surface area (Å²) < 4.78 is 23.8. The van der Waals surface area contributed by atoms with Gasteiger partial charge in [0.25, 0.3) is 0 Å². The first-order valence-corrected chi connectivity index (χ1v) is 6.21. The molecule has 0 aliphatic rings. The van der Waals surface area contributed by atoms with Crippen molar-refractivity contribution in [2.75, 3.05) is 24.7 Å². The number of aromatic nitrogens is 3. The van der Waals surface area contributed by atoms with E-state index in [9.17, 15) is 8.42 Å². The lowest BCUT2D eigenvalue weighted by Gasteiger charge is -2.04. The van der Waals surface area contributed by atoms with Crippen LogP contribution in [-0.4, -0.2) is 42.7 Å². The van der Waals surface area contributed by atoms with Gasteiger partial charge in [0.05, 0.1) is 6.26 Å². The van der Waals surface area contributed by atoms with Gasteiger partial charge in [-0.15, -0.1) is 0 Å². The predicted octanol–water partition coefficient (Wildman–Crippen LogP) is -0.859. The number of hydrogen-bond donors (Lipinski definition) is 2. The molecule has 1 aromatic heterocycles. The third kappa shape index (κ3) is 5.23. The molecule has 0 bridgehead atoms. The first-order valence-electron chi connectivity index (χ1n) is 4.31. The summed E-state index contributed by atoms with van der Waals surface area (Å²) in [6.07, 6.45) is 2.51. The lowest BCUT2D eigenvalue weighted by atomic mass is 10.6. The Kier molecular flexibility index (Phi) is 3.92. The molecule has 15 heavy (non-hydrogen) atoms. The Hall–Kier alpha value is -1.28. The van der Waals surface area contributed by atoms with E-state index in [-0.39, 0.29) is 0 Å². The quantitative estimate of drug-likeness (QED) is 0.640. The second-order valence-electron chi connectivity index (χ2n) is 2.95. The molecule has 8 heteroatoms. The van der Waals surface area contributed by atoms with Crippen LogP contribution < -0.4 is 10.0 Å². The molecule has 2 N–H and O–H groups in total. The van der Waals surface area contributed by atoms with Crippen LogP contribution in [0.15, 0.2) is 6.33 Å². The van der Waals surface area contributed by atoms with Crippen molar-refractivity contribution in [2.24, 2.45) is 0 Å². The number of anilines is 1. The topological polar surface area (TPSA) is 96.9 Å². The molecule has 7 nitrogen and oxygen atoms in total. The first-order chi connectivity index (χ1) is 6.97. The van der Waals surface area contributed by atoms with Crippen LogP contribution in [0.5, 0.6) is 0 Å². The Balaban J connectivity index is 2.32. The molecule has 1 heterocycles. The molecule has 0 fully saturated rings. The second kappa shape index (κ2) is 4.99. The number of rotatable bonds is 5. The molecule has 1 rings (SSSR count). The highest BCUT2D eigenvalue weighted by atomic mass is 32.2. The highest BCUT2D eigenvalue weighted by Crippen LogP contribution is 1.94. The molecular weight excluding hydrogens is 218 g/mol. The van der Waals surface area contributed by atoms with Crippen molar-refractivity contribution in [1.82, 2.24) is 19.7 Å². The van der Waals surface area contributed by atoms with Crippen LogP contribution in [0.4, 0.5) is 5.95 Å². The zero-order valence-corrected chi connectivity index (χ0v) is 9.37. The molecule has 84 valence electrons. The average molecular weight is 231 g/mol.